The fourth-order valence-corrected chi connectivity index (χ4v) is 1.94. The molecule has 0 atom stereocenters. The van der Waals surface area contributed by atoms with Crippen molar-refractivity contribution < 1.29 is 18.0 Å². The Balaban J connectivity index is 2.29. The van der Waals surface area contributed by atoms with Crippen molar-refractivity contribution in [3.05, 3.63) is 40.0 Å². The molecule has 2 rings (SSSR count). The van der Waals surface area contributed by atoms with Crippen molar-refractivity contribution in [1.82, 2.24) is 10.2 Å². The molecule has 5 nitrogen and oxygen atoms in total. The van der Waals surface area contributed by atoms with Crippen molar-refractivity contribution in [3.8, 4) is 0 Å². The van der Waals surface area contributed by atoms with E-state index in [0.717, 1.165) is 12.1 Å². The van der Waals surface area contributed by atoms with Crippen LogP contribution in [0.15, 0.2) is 28.9 Å². The lowest BCUT2D eigenvalue weighted by molar-refractivity contribution is -0.138. The van der Waals surface area contributed by atoms with Gasteiger partial charge in [-0.25, -0.2) is 0 Å². The molecule has 0 aliphatic rings. The highest BCUT2D eigenvalue weighted by atomic mass is 79.9. The fraction of sp³-hybridized carbons (Fsp3) is 0.0909. The van der Waals surface area contributed by atoms with Gasteiger partial charge in [-0.15, -0.1) is 0 Å². The Morgan fingerprint density at radius 1 is 1.40 bits per heavy atom. The van der Waals surface area contributed by atoms with Gasteiger partial charge in [0.05, 0.1) is 17.4 Å². The summed E-state index contributed by atoms with van der Waals surface area (Å²) in [5, 5.41) is 8.35. The molecule has 1 amide bonds. The van der Waals surface area contributed by atoms with Crippen LogP contribution in [0, 0.1) is 0 Å². The van der Waals surface area contributed by atoms with Gasteiger partial charge in [-0.1, -0.05) is 15.9 Å². The first-order valence-corrected chi connectivity index (χ1v) is 6.05. The van der Waals surface area contributed by atoms with E-state index in [1.165, 1.54) is 12.3 Å². The lowest BCUT2D eigenvalue weighted by Crippen LogP contribution is -2.15. The summed E-state index contributed by atoms with van der Waals surface area (Å²) in [5.74, 6) is -0.592. The first kappa shape index (κ1) is 14.4. The molecule has 0 aliphatic carbocycles. The molecular weight excluding hydrogens is 341 g/mol. The lowest BCUT2D eigenvalue weighted by Gasteiger charge is -2.11. The van der Waals surface area contributed by atoms with Gasteiger partial charge in [0.1, 0.15) is 0 Å². The van der Waals surface area contributed by atoms with E-state index in [9.17, 15) is 18.0 Å². The molecule has 0 fully saturated rings. The zero-order chi connectivity index (χ0) is 14.9. The van der Waals surface area contributed by atoms with Crippen LogP contribution >= 0.6 is 15.9 Å². The van der Waals surface area contributed by atoms with Gasteiger partial charge >= 0.3 is 6.18 Å². The van der Waals surface area contributed by atoms with E-state index < -0.39 is 17.6 Å². The van der Waals surface area contributed by atoms with Crippen LogP contribution in [-0.2, 0) is 6.18 Å². The van der Waals surface area contributed by atoms with Crippen LogP contribution in [0.25, 0.3) is 0 Å². The SMILES string of the molecule is Nc1cn[nH]c1NC(=O)c1ccc(Br)c(C(F)(F)F)c1. The summed E-state index contributed by atoms with van der Waals surface area (Å²) in [4.78, 5) is 11.9. The van der Waals surface area contributed by atoms with Gasteiger partial charge in [0, 0.05) is 10.0 Å². The molecule has 4 N–H and O–H groups in total. The number of aromatic nitrogens is 2. The molecule has 1 heterocycles. The molecule has 0 bridgehead atoms. The van der Waals surface area contributed by atoms with Crippen LogP contribution in [-0.4, -0.2) is 16.1 Å². The summed E-state index contributed by atoms with van der Waals surface area (Å²) in [7, 11) is 0. The average Bonchev–Trinajstić information content (AvgIpc) is 2.74. The summed E-state index contributed by atoms with van der Waals surface area (Å²) in [6, 6.07) is 3.18. The Labute approximate surface area is 119 Å². The van der Waals surface area contributed by atoms with E-state index in [4.69, 9.17) is 5.73 Å². The van der Waals surface area contributed by atoms with E-state index in [0.29, 0.717) is 0 Å². The van der Waals surface area contributed by atoms with Gasteiger partial charge in [-0.3, -0.25) is 9.89 Å². The van der Waals surface area contributed by atoms with Gasteiger partial charge in [-0.05, 0) is 18.2 Å². The summed E-state index contributed by atoms with van der Waals surface area (Å²) < 4.78 is 38.1. The van der Waals surface area contributed by atoms with Crippen LogP contribution < -0.4 is 11.1 Å². The number of halogens is 4. The second-order valence-electron chi connectivity index (χ2n) is 3.85. The third kappa shape index (κ3) is 2.93. The molecule has 106 valence electrons. The second kappa shape index (κ2) is 5.16. The Bertz CT molecular complexity index is 653. The zero-order valence-electron chi connectivity index (χ0n) is 9.75. The molecule has 0 saturated heterocycles. The third-order valence-electron chi connectivity index (χ3n) is 2.44. The number of hydrogen-bond acceptors (Lipinski definition) is 3. The van der Waals surface area contributed by atoms with Crippen LogP contribution in [0.1, 0.15) is 15.9 Å². The van der Waals surface area contributed by atoms with Crippen LogP contribution in [0.5, 0.6) is 0 Å². The maximum Gasteiger partial charge on any atom is 0.417 e. The number of aromatic amines is 1. The van der Waals surface area contributed by atoms with E-state index in [1.807, 2.05) is 0 Å². The van der Waals surface area contributed by atoms with Gasteiger partial charge in [0.25, 0.3) is 5.91 Å². The van der Waals surface area contributed by atoms with Crippen molar-refractivity contribution >= 4 is 33.3 Å². The van der Waals surface area contributed by atoms with E-state index >= 15 is 0 Å². The first-order valence-electron chi connectivity index (χ1n) is 5.26. The number of nitrogens with two attached hydrogens (primary N) is 1. The standard InChI is InChI=1S/C11H8BrF3N4O/c12-7-2-1-5(3-6(7)11(13,14)15)10(20)18-9-8(16)4-17-19-9/h1-4H,16H2,(H2,17,18,19,20). The highest BCUT2D eigenvalue weighted by molar-refractivity contribution is 9.10. The molecule has 1 aromatic heterocycles. The largest absolute Gasteiger partial charge is 0.417 e. The zero-order valence-corrected chi connectivity index (χ0v) is 11.3. The number of hydrogen-bond donors (Lipinski definition) is 3. The van der Waals surface area contributed by atoms with Gasteiger partial charge in [0.15, 0.2) is 5.82 Å². The third-order valence-corrected chi connectivity index (χ3v) is 3.13. The van der Waals surface area contributed by atoms with E-state index in [1.54, 1.807) is 0 Å². The van der Waals surface area contributed by atoms with Gasteiger partial charge in [-0.2, -0.15) is 18.3 Å². The number of nitrogens with one attached hydrogen (secondary N) is 2. The minimum Gasteiger partial charge on any atom is -0.394 e. The van der Waals surface area contributed by atoms with Crippen LogP contribution in [0.4, 0.5) is 24.7 Å². The summed E-state index contributed by atoms with van der Waals surface area (Å²) in [6.07, 6.45) is -3.28. The highest BCUT2D eigenvalue weighted by Gasteiger charge is 2.33. The Morgan fingerprint density at radius 2 is 2.10 bits per heavy atom. The summed E-state index contributed by atoms with van der Waals surface area (Å²) >= 11 is 2.80. The number of alkyl halides is 3. The number of amides is 1. The number of carbonyl (C=O) groups excluding carboxylic acids is 1. The van der Waals surface area contributed by atoms with Crippen molar-refractivity contribution in [2.45, 2.75) is 6.18 Å². The maximum absolute atomic E-state index is 12.7. The first-order chi connectivity index (χ1) is 9.29. The molecule has 1 aromatic carbocycles. The topological polar surface area (TPSA) is 83.8 Å². The van der Waals surface area contributed by atoms with Gasteiger partial charge in [0.2, 0.25) is 0 Å². The lowest BCUT2D eigenvalue weighted by atomic mass is 10.1. The smallest absolute Gasteiger partial charge is 0.394 e. The second-order valence-corrected chi connectivity index (χ2v) is 4.70. The molecular formula is C11H8BrF3N4O. The Morgan fingerprint density at radius 3 is 2.65 bits per heavy atom. The molecule has 0 radical (unpaired) electrons. The van der Waals surface area contributed by atoms with E-state index in [2.05, 4.69) is 31.4 Å². The quantitative estimate of drug-likeness (QED) is 0.779. The predicted octanol–water partition coefficient (Wildman–Crippen LogP) is 3.03. The number of H-pyrrole nitrogens is 1. The molecule has 9 heteroatoms. The Kier molecular flexibility index (Phi) is 3.71. The van der Waals surface area contributed by atoms with Crippen molar-refractivity contribution in [2.24, 2.45) is 0 Å². The van der Waals surface area contributed by atoms with Crippen molar-refractivity contribution in [2.75, 3.05) is 11.1 Å². The maximum atomic E-state index is 12.7. The number of anilines is 2. The average molecular weight is 349 g/mol. The predicted molar refractivity (Wildman–Crippen MR) is 70.1 cm³/mol. The normalized spacial score (nSPS) is 11.4. The summed E-state index contributed by atoms with van der Waals surface area (Å²) in [5.41, 5.74) is 4.61. The minimum absolute atomic E-state index is 0.131. The molecule has 0 saturated carbocycles. The minimum atomic E-state index is -4.55. The van der Waals surface area contributed by atoms with E-state index in [-0.39, 0.29) is 21.5 Å². The fourth-order valence-electron chi connectivity index (χ4n) is 1.47. The van der Waals surface area contributed by atoms with Crippen molar-refractivity contribution in [1.29, 1.82) is 0 Å². The number of benzene rings is 1. The number of nitrogens with zero attached hydrogens (tertiary/aromatic N) is 1. The molecule has 0 spiro atoms. The number of rotatable bonds is 2. The molecule has 0 unspecified atom stereocenters. The van der Waals surface area contributed by atoms with Crippen LogP contribution in [0.2, 0.25) is 0 Å². The molecule has 0 aliphatic heterocycles. The number of carbonyl (C=O) groups is 1. The van der Waals surface area contributed by atoms with Gasteiger partial charge < -0.3 is 11.1 Å². The Hall–Kier alpha value is -2.03. The number of nitrogen functional groups attached to an aromatic ring is 1. The monoisotopic (exact) mass is 348 g/mol. The van der Waals surface area contributed by atoms with Crippen LogP contribution in [0.3, 0.4) is 0 Å². The molecule has 20 heavy (non-hydrogen) atoms. The highest BCUT2D eigenvalue weighted by Crippen LogP contribution is 2.35. The van der Waals surface area contributed by atoms with Crippen molar-refractivity contribution in [3.63, 3.8) is 0 Å². The molecule has 2 aromatic rings. The summed E-state index contributed by atoms with van der Waals surface area (Å²) in [6.45, 7) is 0.